The minimum atomic E-state index is 0. The molecule has 1 saturated heterocycles. The van der Waals surface area contributed by atoms with Crippen molar-refractivity contribution in [2.24, 2.45) is 5.92 Å². The number of thioether (sulfide) groups is 1. The molecule has 0 spiro atoms. The SMILES string of the molecule is COc1ccc(SCCC(=O)NC2CCNCC2C)cc1OC.Cl. The second kappa shape index (κ2) is 10.7. The van der Waals surface area contributed by atoms with Gasteiger partial charge in [-0.2, -0.15) is 0 Å². The van der Waals surface area contributed by atoms with Crippen LogP contribution >= 0.6 is 24.2 Å². The standard InChI is InChI=1S/C17H26N2O3S.ClH/c1-12-11-18-8-6-14(12)19-17(20)7-9-23-13-4-5-15(21-2)16(10-13)22-3;/h4-5,10,12,14,18H,6-9,11H2,1-3H3,(H,19,20);1H. The van der Waals surface area contributed by atoms with Crippen LogP contribution in [0.4, 0.5) is 0 Å². The van der Waals surface area contributed by atoms with E-state index >= 15 is 0 Å². The number of halogens is 1. The van der Waals surface area contributed by atoms with Gasteiger partial charge in [-0.3, -0.25) is 4.79 Å². The van der Waals surface area contributed by atoms with Crippen molar-refractivity contribution >= 4 is 30.1 Å². The molecule has 0 aromatic heterocycles. The molecule has 1 amide bonds. The van der Waals surface area contributed by atoms with Gasteiger partial charge in [0, 0.05) is 23.1 Å². The zero-order chi connectivity index (χ0) is 16.7. The summed E-state index contributed by atoms with van der Waals surface area (Å²) in [5, 5.41) is 6.50. The van der Waals surface area contributed by atoms with Crippen LogP contribution in [0.3, 0.4) is 0 Å². The first-order valence-electron chi connectivity index (χ1n) is 7.99. The minimum absolute atomic E-state index is 0. The third-order valence-electron chi connectivity index (χ3n) is 4.08. The van der Waals surface area contributed by atoms with Gasteiger partial charge in [-0.05, 0) is 43.6 Å². The number of rotatable bonds is 7. The minimum Gasteiger partial charge on any atom is -0.493 e. The molecule has 2 N–H and O–H groups in total. The molecule has 24 heavy (non-hydrogen) atoms. The van der Waals surface area contributed by atoms with Crippen molar-refractivity contribution in [3.05, 3.63) is 18.2 Å². The molecule has 1 aromatic carbocycles. The summed E-state index contributed by atoms with van der Waals surface area (Å²) in [6.45, 7) is 4.14. The fraction of sp³-hybridized carbons (Fsp3) is 0.588. The molecular weight excluding hydrogens is 348 g/mol. The number of nitrogens with one attached hydrogen (secondary N) is 2. The van der Waals surface area contributed by atoms with Crippen molar-refractivity contribution in [1.82, 2.24) is 10.6 Å². The van der Waals surface area contributed by atoms with Crippen molar-refractivity contribution in [1.29, 1.82) is 0 Å². The van der Waals surface area contributed by atoms with Crippen molar-refractivity contribution in [2.75, 3.05) is 33.1 Å². The van der Waals surface area contributed by atoms with E-state index in [1.165, 1.54) is 0 Å². The number of hydrogen-bond acceptors (Lipinski definition) is 5. The molecule has 5 nitrogen and oxygen atoms in total. The van der Waals surface area contributed by atoms with Crippen molar-refractivity contribution in [2.45, 2.75) is 30.7 Å². The lowest BCUT2D eigenvalue weighted by atomic mass is 9.95. The lowest BCUT2D eigenvalue weighted by Crippen LogP contribution is -2.48. The third kappa shape index (κ3) is 6.07. The number of methoxy groups -OCH3 is 2. The zero-order valence-electron chi connectivity index (χ0n) is 14.5. The first-order valence-corrected chi connectivity index (χ1v) is 8.97. The van der Waals surface area contributed by atoms with Gasteiger partial charge in [-0.1, -0.05) is 6.92 Å². The molecule has 7 heteroatoms. The highest BCUT2D eigenvalue weighted by atomic mass is 35.5. The number of hydrogen-bond donors (Lipinski definition) is 2. The Balaban J connectivity index is 0.00000288. The van der Waals surface area contributed by atoms with Crippen molar-refractivity contribution in [3.8, 4) is 11.5 Å². The van der Waals surface area contributed by atoms with Crippen LogP contribution in [0.5, 0.6) is 11.5 Å². The summed E-state index contributed by atoms with van der Waals surface area (Å²) in [5.41, 5.74) is 0. The summed E-state index contributed by atoms with van der Waals surface area (Å²) >= 11 is 1.65. The molecular formula is C17H27ClN2O3S. The Labute approximate surface area is 154 Å². The predicted octanol–water partition coefficient (Wildman–Crippen LogP) is 2.72. The number of carbonyl (C=O) groups is 1. The molecule has 0 saturated carbocycles. The average molecular weight is 375 g/mol. The molecule has 0 aliphatic carbocycles. The second-order valence-corrected chi connectivity index (χ2v) is 6.93. The van der Waals surface area contributed by atoms with E-state index < -0.39 is 0 Å². The molecule has 2 atom stereocenters. The van der Waals surface area contributed by atoms with Gasteiger partial charge in [0.2, 0.25) is 5.91 Å². The molecule has 1 aliphatic rings. The van der Waals surface area contributed by atoms with Crippen LogP contribution < -0.4 is 20.1 Å². The van der Waals surface area contributed by atoms with E-state index in [0.29, 0.717) is 24.1 Å². The van der Waals surface area contributed by atoms with Crippen LogP contribution in [-0.4, -0.2) is 45.0 Å². The van der Waals surface area contributed by atoms with Gasteiger partial charge in [0.1, 0.15) is 0 Å². The summed E-state index contributed by atoms with van der Waals surface area (Å²) in [7, 11) is 3.25. The topological polar surface area (TPSA) is 59.6 Å². The van der Waals surface area contributed by atoms with Crippen LogP contribution in [0, 0.1) is 5.92 Å². The Bertz CT molecular complexity index is 531. The zero-order valence-corrected chi connectivity index (χ0v) is 16.1. The highest BCUT2D eigenvalue weighted by molar-refractivity contribution is 7.99. The normalized spacial score (nSPS) is 20.0. The largest absolute Gasteiger partial charge is 0.493 e. The predicted molar refractivity (Wildman–Crippen MR) is 101 cm³/mol. The molecule has 2 rings (SSSR count). The smallest absolute Gasteiger partial charge is 0.221 e. The van der Waals surface area contributed by atoms with Gasteiger partial charge >= 0.3 is 0 Å². The number of ether oxygens (including phenoxy) is 2. The highest BCUT2D eigenvalue weighted by Crippen LogP contribution is 2.32. The van der Waals surface area contributed by atoms with E-state index in [1.54, 1.807) is 26.0 Å². The van der Waals surface area contributed by atoms with Crippen molar-refractivity contribution in [3.63, 3.8) is 0 Å². The van der Waals surface area contributed by atoms with Gasteiger partial charge in [0.15, 0.2) is 11.5 Å². The second-order valence-electron chi connectivity index (χ2n) is 5.76. The Morgan fingerprint density at radius 1 is 1.33 bits per heavy atom. The first-order chi connectivity index (χ1) is 11.1. The van der Waals surface area contributed by atoms with Gasteiger partial charge in [0.05, 0.1) is 14.2 Å². The molecule has 1 aliphatic heterocycles. The molecule has 1 aromatic rings. The van der Waals surface area contributed by atoms with Gasteiger partial charge in [-0.25, -0.2) is 0 Å². The van der Waals surface area contributed by atoms with Crippen LogP contribution in [0.25, 0.3) is 0 Å². The van der Waals surface area contributed by atoms with Crippen LogP contribution in [0.1, 0.15) is 19.8 Å². The first kappa shape index (κ1) is 20.9. The number of piperidine rings is 1. The lowest BCUT2D eigenvalue weighted by Gasteiger charge is -2.30. The summed E-state index contributed by atoms with van der Waals surface area (Å²) in [5.74, 6) is 2.81. The Hall–Kier alpha value is -1.11. The van der Waals surface area contributed by atoms with E-state index in [0.717, 1.165) is 35.9 Å². The van der Waals surface area contributed by atoms with Crippen LogP contribution in [0.2, 0.25) is 0 Å². The van der Waals surface area contributed by atoms with Crippen molar-refractivity contribution < 1.29 is 14.3 Å². The maximum absolute atomic E-state index is 12.1. The van der Waals surface area contributed by atoms with Gasteiger partial charge in [-0.15, -0.1) is 24.2 Å². The molecule has 1 heterocycles. The summed E-state index contributed by atoms with van der Waals surface area (Å²) in [4.78, 5) is 13.2. The number of amides is 1. The fourth-order valence-electron chi connectivity index (χ4n) is 2.68. The van der Waals surface area contributed by atoms with E-state index in [1.807, 2.05) is 18.2 Å². The Morgan fingerprint density at radius 2 is 2.08 bits per heavy atom. The monoisotopic (exact) mass is 374 g/mol. The van der Waals surface area contributed by atoms with Crippen LogP contribution in [-0.2, 0) is 4.79 Å². The Morgan fingerprint density at radius 3 is 2.75 bits per heavy atom. The molecule has 0 bridgehead atoms. The van der Waals surface area contributed by atoms with E-state index in [2.05, 4.69) is 17.6 Å². The average Bonchev–Trinajstić information content (AvgIpc) is 2.56. The molecule has 2 unspecified atom stereocenters. The summed E-state index contributed by atoms with van der Waals surface area (Å²) < 4.78 is 10.5. The maximum atomic E-state index is 12.1. The maximum Gasteiger partial charge on any atom is 0.221 e. The molecule has 1 fully saturated rings. The van der Waals surface area contributed by atoms with E-state index in [4.69, 9.17) is 9.47 Å². The fourth-order valence-corrected chi connectivity index (χ4v) is 3.55. The summed E-state index contributed by atoms with van der Waals surface area (Å²) in [6, 6.07) is 6.11. The third-order valence-corrected chi connectivity index (χ3v) is 5.08. The lowest BCUT2D eigenvalue weighted by molar-refractivity contribution is -0.121. The van der Waals surface area contributed by atoms with Gasteiger partial charge in [0.25, 0.3) is 0 Å². The quantitative estimate of drug-likeness (QED) is 0.718. The van der Waals surface area contributed by atoms with Crippen LogP contribution in [0.15, 0.2) is 23.1 Å². The van der Waals surface area contributed by atoms with Gasteiger partial charge < -0.3 is 20.1 Å². The summed E-state index contributed by atoms with van der Waals surface area (Å²) in [6.07, 6.45) is 1.53. The number of carbonyl (C=O) groups excluding carboxylic acids is 1. The molecule has 136 valence electrons. The highest BCUT2D eigenvalue weighted by Gasteiger charge is 2.22. The van der Waals surface area contributed by atoms with E-state index in [-0.39, 0.29) is 18.3 Å². The Kier molecular flexibility index (Phi) is 9.33. The molecule has 0 radical (unpaired) electrons. The number of benzene rings is 1. The van der Waals surface area contributed by atoms with E-state index in [9.17, 15) is 4.79 Å².